The number of phosphoric acid groups is 1. The lowest BCUT2D eigenvalue weighted by Crippen LogP contribution is -2.39. The number of para-hydroxylation sites is 1. The topological polar surface area (TPSA) is 138 Å². The highest BCUT2D eigenvalue weighted by atomic mass is 35.5. The van der Waals surface area contributed by atoms with Gasteiger partial charge in [-0.1, -0.05) is 121 Å². The second-order valence-electron chi connectivity index (χ2n) is 15.5. The summed E-state index contributed by atoms with van der Waals surface area (Å²) in [5.74, 6) is -0.376. The van der Waals surface area contributed by atoms with Crippen molar-refractivity contribution in [2.75, 3.05) is 32.2 Å². The monoisotopic (exact) mass is 806 g/mol. The Bertz CT molecular complexity index is 1640. The first kappa shape index (κ1) is 43.8. The minimum Gasteiger partial charge on any atom is -0.402 e. The quantitative estimate of drug-likeness (QED) is 0.0582. The molecule has 12 nitrogen and oxygen atoms in total. The number of fused-ring (bicyclic) bond motifs is 2. The molecule has 0 spiro atoms. The third kappa shape index (κ3) is 12.6. The number of anilines is 1. The van der Waals surface area contributed by atoms with Crippen LogP contribution in [0.4, 0.5) is 5.82 Å². The molecule has 55 heavy (non-hydrogen) atoms. The lowest BCUT2D eigenvalue weighted by atomic mass is 9.93. The lowest BCUT2D eigenvalue weighted by Gasteiger charge is -2.31. The Morgan fingerprint density at radius 2 is 1.44 bits per heavy atom. The number of nitrogens with zero attached hydrogens (tertiary/aromatic N) is 3. The number of nitrogen functional groups attached to an aromatic ring is 1. The van der Waals surface area contributed by atoms with Gasteiger partial charge in [0, 0.05) is 13.2 Å². The van der Waals surface area contributed by atoms with Crippen molar-refractivity contribution in [1.29, 1.82) is 0 Å². The Morgan fingerprint density at radius 1 is 0.800 bits per heavy atom. The predicted molar refractivity (Wildman–Crippen MR) is 215 cm³/mol. The molecular weight excluding hydrogens is 743 g/mol. The zero-order valence-corrected chi connectivity index (χ0v) is 35.1. The summed E-state index contributed by atoms with van der Waals surface area (Å²) in [6.07, 6.45) is 20.0. The van der Waals surface area contributed by atoms with Crippen molar-refractivity contribution in [3.05, 3.63) is 53.4 Å². The van der Waals surface area contributed by atoms with Crippen molar-refractivity contribution in [3.8, 4) is 5.75 Å². The minimum absolute atomic E-state index is 0.0970. The number of hydrogen-bond donors (Lipinski definition) is 1. The van der Waals surface area contributed by atoms with E-state index >= 15 is 0 Å². The molecule has 2 N–H and O–H groups in total. The Kier molecular flexibility index (Phi) is 17.1. The van der Waals surface area contributed by atoms with Gasteiger partial charge in [0.15, 0.2) is 11.6 Å². The molecule has 5 rings (SSSR count). The van der Waals surface area contributed by atoms with E-state index in [1.165, 1.54) is 96.2 Å². The van der Waals surface area contributed by atoms with Crippen LogP contribution in [0, 0.1) is 0 Å². The highest BCUT2D eigenvalue weighted by Gasteiger charge is 2.62. The number of phosphoric ester groups is 1. The van der Waals surface area contributed by atoms with Crippen LogP contribution in [0.25, 0.3) is 5.52 Å². The van der Waals surface area contributed by atoms with Crippen LogP contribution in [0.1, 0.15) is 136 Å². The first-order valence-electron chi connectivity index (χ1n) is 20.6. The second kappa shape index (κ2) is 21.5. The molecule has 0 amide bonds. The van der Waals surface area contributed by atoms with Crippen molar-refractivity contribution in [1.82, 2.24) is 14.6 Å². The molecule has 5 atom stereocenters. The third-order valence-electron chi connectivity index (χ3n) is 10.4. The molecule has 1 unspecified atom stereocenters. The van der Waals surface area contributed by atoms with Crippen molar-refractivity contribution >= 4 is 30.8 Å². The maximum absolute atomic E-state index is 14.2. The summed E-state index contributed by atoms with van der Waals surface area (Å²) in [7, 11) is -4.19. The van der Waals surface area contributed by atoms with Crippen LogP contribution in [-0.4, -0.2) is 65.1 Å². The molecule has 0 bridgehead atoms. The Morgan fingerprint density at radius 3 is 2.11 bits per heavy atom. The highest BCUT2D eigenvalue weighted by molar-refractivity contribution is 7.48. The summed E-state index contributed by atoms with van der Waals surface area (Å²) in [5, 5.41) is 4.70. The van der Waals surface area contributed by atoms with Crippen LogP contribution in [0.15, 0.2) is 42.7 Å². The maximum Gasteiger partial charge on any atom is 0.530 e. The molecule has 3 aromatic rings. The Hall–Kier alpha value is -2.28. The van der Waals surface area contributed by atoms with Gasteiger partial charge in [-0.3, -0.25) is 9.05 Å². The molecule has 1 aromatic carbocycles. The van der Waals surface area contributed by atoms with Gasteiger partial charge in [-0.15, -0.1) is 0 Å². The van der Waals surface area contributed by atoms with E-state index in [1.54, 1.807) is 28.8 Å². The van der Waals surface area contributed by atoms with E-state index in [1.807, 2.05) is 32.9 Å². The Balaban J connectivity index is 1.04. The molecule has 2 aromatic heterocycles. The van der Waals surface area contributed by atoms with E-state index in [2.05, 4.69) is 17.0 Å². The molecule has 0 radical (unpaired) electrons. The van der Waals surface area contributed by atoms with Crippen molar-refractivity contribution in [2.45, 2.75) is 160 Å². The fraction of sp³-hybridized carbons (Fsp3) is 0.707. The number of halogens is 1. The van der Waals surface area contributed by atoms with Gasteiger partial charge in [-0.25, -0.2) is 14.1 Å². The van der Waals surface area contributed by atoms with Gasteiger partial charge >= 0.3 is 7.82 Å². The van der Waals surface area contributed by atoms with Crippen LogP contribution in [-0.2, 0) is 38.2 Å². The molecule has 2 fully saturated rings. The van der Waals surface area contributed by atoms with Crippen LogP contribution in [0.5, 0.6) is 5.75 Å². The smallest absolute Gasteiger partial charge is 0.402 e. The number of hydrogen-bond acceptors (Lipinski definition) is 11. The second-order valence-corrected chi connectivity index (χ2v) is 17.5. The maximum atomic E-state index is 14.2. The molecule has 2 aliphatic heterocycles. The normalized spacial score (nSPS) is 23.0. The molecule has 2 aliphatic rings. The van der Waals surface area contributed by atoms with Gasteiger partial charge in [0.2, 0.25) is 0 Å². The van der Waals surface area contributed by atoms with Crippen molar-refractivity contribution < 1.29 is 37.1 Å². The molecule has 308 valence electrons. The number of unbranched alkanes of at least 4 members (excludes halogenated alkanes) is 14. The first-order chi connectivity index (χ1) is 26.6. The van der Waals surface area contributed by atoms with Gasteiger partial charge in [0.25, 0.3) is 0 Å². The molecule has 0 saturated carbocycles. The number of aromatic nitrogens is 3. The van der Waals surface area contributed by atoms with Gasteiger partial charge in [-0.2, -0.15) is 5.10 Å². The summed E-state index contributed by atoms with van der Waals surface area (Å²) in [4.78, 5) is 4.10. The summed E-state index contributed by atoms with van der Waals surface area (Å²) in [6.45, 7) is 8.96. The average Bonchev–Trinajstić information content (AvgIpc) is 3.82. The van der Waals surface area contributed by atoms with Gasteiger partial charge in [0.1, 0.15) is 41.5 Å². The average molecular weight is 807 g/mol. The SMILES string of the molecule is CCCCCCCCCCCCCCCCCOCCCOP(=O)(OC[C@H]1O[C@@](C)(c2ccc3c(N)ncnn23)[C@@H]2OC(C)(C)O[C@@H]21)Oc1ccccc1Cl. The van der Waals surface area contributed by atoms with E-state index < -0.39 is 37.5 Å². The molecule has 4 heterocycles. The van der Waals surface area contributed by atoms with Gasteiger partial charge < -0.3 is 29.2 Å². The third-order valence-corrected chi connectivity index (χ3v) is 12.1. The molecular formula is C41H64ClN4O8P. The summed E-state index contributed by atoms with van der Waals surface area (Å²) in [6, 6.07) is 10.5. The van der Waals surface area contributed by atoms with Gasteiger partial charge in [-0.05, 0) is 57.9 Å². The number of nitrogens with two attached hydrogens (primary N) is 1. The molecule has 2 saturated heterocycles. The fourth-order valence-corrected chi connectivity index (χ4v) is 9.00. The highest BCUT2D eigenvalue weighted by Crippen LogP contribution is 2.54. The van der Waals surface area contributed by atoms with E-state index in [0.29, 0.717) is 36.7 Å². The fourth-order valence-electron chi connectivity index (χ4n) is 7.51. The predicted octanol–water partition coefficient (Wildman–Crippen LogP) is 10.6. The summed E-state index contributed by atoms with van der Waals surface area (Å²) >= 11 is 6.37. The van der Waals surface area contributed by atoms with Crippen LogP contribution in [0.3, 0.4) is 0 Å². The largest absolute Gasteiger partial charge is 0.530 e. The Labute approximate surface area is 333 Å². The van der Waals surface area contributed by atoms with Crippen molar-refractivity contribution in [3.63, 3.8) is 0 Å². The lowest BCUT2D eigenvalue weighted by molar-refractivity contribution is -0.212. The van der Waals surface area contributed by atoms with E-state index in [4.69, 9.17) is 49.9 Å². The van der Waals surface area contributed by atoms with Crippen LogP contribution >= 0.6 is 19.4 Å². The molecule has 0 aliphatic carbocycles. The number of ether oxygens (including phenoxy) is 4. The zero-order valence-electron chi connectivity index (χ0n) is 33.4. The summed E-state index contributed by atoms with van der Waals surface area (Å²) < 4.78 is 58.8. The van der Waals surface area contributed by atoms with E-state index in [-0.39, 0.29) is 24.0 Å². The van der Waals surface area contributed by atoms with Crippen LogP contribution in [0.2, 0.25) is 5.02 Å². The number of rotatable bonds is 27. The van der Waals surface area contributed by atoms with E-state index in [0.717, 1.165) is 6.42 Å². The number of benzene rings is 1. The zero-order chi connectivity index (χ0) is 39.2. The molecule has 14 heteroatoms. The minimum atomic E-state index is -4.19. The van der Waals surface area contributed by atoms with Crippen molar-refractivity contribution in [2.24, 2.45) is 0 Å². The standard InChI is InChI=1S/C41H64ClN4O8P/c1-5-6-7-8-9-10-11-12-13-14-15-16-17-18-21-27-48-28-22-29-49-55(47,54-34-24-20-19-23-32(34)42)50-30-35-37-38(53-40(2,3)52-37)41(4,51-35)36-26-25-33-39(43)44-31-45-46(33)36/h19-20,23-26,31,35,37-38H,5-18,21-22,27-30H2,1-4H3,(H2,43,44,45)/t35-,37-,38-,41+,55?/m1/s1. The van der Waals surface area contributed by atoms with Gasteiger partial charge in [0.05, 0.1) is 23.9 Å². The first-order valence-corrected chi connectivity index (χ1v) is 22.4. The summed E-state index contributed by atoms with van der Waals surface area (Å²) in [5.41, 5.74) is 6.43. The van der Waals surface area contributed by atoms with Crippen LogP contribution < -0.4 is 10.3 Å². The van der Waals surface area contributed by atoms with E-state index in [9.17, 15) is 4.57 Å².